The number of anilines is 1. The number of nitrogens with one attached hydrogen (secondary N) is 1. The third-order valence-electron chi connectivity index (χ3n) is 4.72. The number of halogens is 1. The van der Waals surface area contributed by atoms with Gasteiger partial charge in [0.15, 0.2) is 0 Å². The van der Waals surface area contributed by atoms with Crippen molar-refractivity contribution in [3.05, 3.63) is 63.6 Å². The lowest BCUT2D eigenvalue weighted by molar-refractivity contribution is -0.122. The second-order valence-corrected chi connectivity index (χ2v) is 7.42. The second-order valence-electron chi connectivity index (χ2n) is 6.57. The zero-order valence-corrected chi connectivity index (χ0v) is 17.0. The molecule has 2 N–H and O–H groups in total. The molecular weight excluding hydrogens is 424 g/mol. The van der Waals surface area contributed by atoms with Gasteiger partial charge < -0.3 is 5.11 Å². The van der Waals surface area contributed by atoms with E-state index >= 15 is 0 Å². The summed E-state index contributed by atoms with van der Waals surface area (Å²) in [5.41, 5.74) is 1.87. The van der Waals surface area contributed by atoms with Gasteiger partial charge in [0.05, 0.1) is 10.2 Å². The molecule has 2 aromatic rings. The van der Waals surface area contributed by atoms with Crippen LogP contribution in [0.1, 0.15) is 37.3 Å². The van der Waals surface area contributed by atoms with Crippen molar-refractivity contribution in [3.63, 3.8) is 0 Å². The fourth-order valence-electron chi connectivity index (χ4n) is 2.86. The Bertz CT molecular complexity index is 982. The molecule has 144 valence electrons. The van der Waals surface area contributed by atoms with Crippen LogP contribution in [-0.4, -0.2) is 23.0 Å². The number of nitrogens with zero attached hydrogens (tertiary/aromatic N) is 1. The number of urea groups is 1. The molecule has 0 radical (unpaired) electrons. The summed E-state index contributed by atoms with van der Waals surface area (Å²) < 4.78 is 0.430. The van der Waals surface area contributed by atoms with Gasteiger partial charge in [-0.25, -0.2) is 9.69 Å². The molecule has 2 aromatic carbocycles. The summed E-state index contributed by atoms with van der Waals surface area (Å²) in [4.78, 5) is 38.4. The van der Waals surface area contributed by atoms with E-state index in [0.717, 1.165) is 16.9 Å². The summed E-state index contributed by atoms with van der Waals surface area (Å²) in [6.45, 7) is 4.19. The monoisotopic (exact) mass is 442 g/mol. The summed E-state index contributed by atoms with van der Waals surface area (Å²) in [7, 11) is 0. The molecule has 1 saturated heterocycles. The average molecular weight is 443 g/mol. The van der Waals surface area contributed by atoms with E-state index in [9.17, 15) is 19.5 Å². The zero-order chi connectivity index (χ0) is 20.4. The molecule has 0 aliphatic carbocycles. The number of imide groups is 2. The van der Waals surface area contributed by atoms with Crippen molar-refractivity contribution in [2.45, 2.75) is 26.2 Å². The summed E-state index contributed by atoms with van der Waals surface area (Å²) in [5.74, 6) is -1.05. The van der Waals surface area contributed by atoms with Gasteiger partial charge in [-0.1, -0.05) is 32.0 Å². The van der Waals surface area contributed by atoms with Crippen LogP contribution in [0.5, 0.6) is 5.75 Å². The molecule has 3 rings (SSSR count). The van der Waals surface area contributed by atoms with Crippen molar-refractivity contribution in [1.29, 1.82) is 0 Å². The number of carbonyl (C=O) groups is 3. The number of hydrogen-bond donors (Lipinski definition) is 2. The maximum absolute atomic E-state index is 12.9. The minimum Gasteiger partial charge on any atom is -0.507 e. The topological polar surface area (TPSA) is 86.7 Å². The van der Waals surface area contributed by atoms with Crippen LogP contribution in [0.25, 0.3) is 6.08 Å². The number of barbiturate groups is 1. The second kappa shape index (κ2) is 7.98. The van der Waals surface area contributed by atoms with Gasteiger partial charge in [0.1, 0.15) is 11.3 Å². The highest BCUT2D eigenvalue weighted by atomic mass is 79.9. The predicted octanol–water partition coefficient (Wildman–Crippen LogP) is 4.33. The molecule has 1 fully saturated rings. The van der Waals surface area contributed by atoms with Crippen molar-refractivity contribution >= 4 is 45.5 Å². The van der Waals surface area contributed by atoms with E-state index in [1.807, 2.05) is 12.1 Å². The van der Waals surface area contributed by atoms with Crippen LogP contribution in [-0.2, 0) is 9.59 Å². The molecule has 0 bridgehead atoms. The number of benzene rings is 2. The van der Waals surface area contributed by atoms with E-state index in [1.54, 1.807) is 24.3 Å². The Morgan fingerprint density at radius 3 is 2.43 bits per heavy atom. The number of carbonyl (C=O) groups excluding carboxylic acids is 3. The Balaban J connectivity index is 1.95. The number of phenolic OH excluding ortho intramolecular Hbond substituents is 1. The highest BCUT2D eigenvalue weighted by Gasteiger charge is 2.36. The lowest BCUT2D eigenvalue weighted by Gasteiger charge is -2.26. The predicted molar refractivity (Wildman–Crippen MR) is 110 cm³/mol. The van der Waals surface area contributed by atoms with Crippen LogP contribution < -0.4 is 10.2 Å². The van der Waals surface area contributed by atoms with Crippen molar-refractivity contribution in [2.75, 3.05) is 4.90 Å². The first-order chi connectivity index (χ1) is 13.3. The van der Waals surface area contributed by atoms with E-state index in [-0.39, 0.29) is 11.3 Å². The summed E-state index contributed by atoms with van der Waals surface area (Å²) >= 11 is 3.19. The summed E-state index contributed by atoms with van der Waals surface area (Å²) in [6.07, 6.45) is 2.36. The quantitative estimate of drug-likeness (QED) is 0.544. The molecule has 0 saturated carbocycles. The van der Waals surface area contributed by atoms with Gasteiger partial charge in [0.25, 0.3) is 11.8 Å². The molecule has 0 spiro atoms. The number of rotatable bonds is 4. The number of amides is 4. The van der Waals surface area contributed by atoms with Crippen molar-refractivity contribution < 1.29 is 19.5 Å². The fourth-order valence-corrected chi connectivity index (χ4v) is 3.26. The van der Waals surface area contributed by atoms with Gasteiger partial charge in [0.2, 0.25) is 0 Å². The van der Waals surface area contributed by atoms with Crippen molar-refractivity contribution in [2.24, 2.45) is 0 Å². The Hall–Kier alpha value is -2.93. The van der Waals surface area contributed by atoms with Crippen molar-refractivity contribution in [1.82, 2.24) is 5.32 Å². The Morgan fingerprint density at radius 2 is 1.82 bits per heavy atom. The lowest BCUT2D eigenvalue weighted by Crippen LogP contribution is -2.54. The van der Waals surface area contributed by atoms with Crippen LogP contribution in [0.3, 0.4) is 0 Å². The fraction of sp³-hybridized carbons (Fsp3) is 0.190. The maximum Gasteiger partial charge on any atom is 0.335 e. The largest absolute Gasteiger partial charge is 0.507 e. The first-order valence-corrected chi connectivity index (χ1v) is 9.61. The van der Waals surface area contributed by atoms with Gasteiger partial charge in [-0.15, -0.1) is 0 Å². The highest BCUT2D eigenvalue weighted by Crippen LogP contribution is 2.28. The molecule has 1 heterocycles. The standard InChI is InChI=1S/C21H19BrN2O4/c1-3-12(2)14-5-7-15(8-6-14)24-20(27)16(19(26)23-21(24)28)10-13-4-9-18(25)17(22)11-13/h4-12,25H,3H2,1-2H3,(H,23,26,28)/b16-10-/t12-/m0/s1. The van der Waals surface area contributed by atoms with E-state index < -0.39 is 17.8 Å². The Kier molecular flexibility index (Phi) is 5.65. The third kappa shape index (κ3) is 3.84. The number of hydrogen-bond acceptors (Lipinski definition) is 4. The van der Waals surface area contributed by atoms with E-state index in [0.29, 0.717) is 21.6 Å². The molecular formula is C21H19BrN2O4. The smallest absolute Gasteiger partial charge is 0.335 e. The molecule has 28 heavy (non-hydrogen) atoms. The van der Waals surface area contributed by atoms with Crippen LogP contribution in [0.4, 0.5) is 10.5 Å². The molecule has 4 amide bonds. The highest BCUT2D eigenvalue weighted by molar-refractivity contribution is 9.10. The molecule has 1 aliphatic rings. The minimum absolute atomic E-state index is 0.0415. The molecule has 1 aliphatic heterocycles. The summed E-state index contributed by atoms with van der Waals surface area (Å²) in [6, 6.07) is 10.9. The number of phenols is 1. The van der Waals surface area contributed by atoms with Gasteiger partial charge in [-0.05, 0) is 69.7 Å². The summed E-state index contributed by atoms with van der Waals surface area (Å²) in [5, 5.41) is 11.8. The van der Waals surface area contributed by atoms with E-state index in [4.69, 9.17) is 0 Å². The Morgan fingerprint density at radius 1 is 1.14 bits per heavy atom. The van der Waals surface area contributed by atoms with Gasteiger partial charge in [-0.2, -0.15) is 0 Å². The van der Waals surface area contributed by atoms with E-state index in [2.05, 4.69) is 35.1 Å². The SMILES string of the molecule is CC[C@H](C)c1ccc(N2C(=O)NC(=O)/C(=C/c3ccc(O)c(Br)c3)C2=O)cc1. The molecule has 0 aromatic heterocycles. The van der Waals surface area contributed by atoms with Crippen LogP contribution in [0, 0.1) is 0 Å². The maximum atomic E-state index is 12.9. The van der Waals surface area contributed by atoms with Crippen molar-refractivity contribution in [3.8, 4) is 5.75 Å². The van der Waals surface area contributed by atoms with E-state index in [1.165, 1.54) is 12.1 Å². The zero-order valence-electron chi connectivity index (χ0n) is 15.4. The van der Waals surface area contributed by atoms with Crippen LogP contribution in [0.2, 0.25) is 0 Å². The lowest BCUT2D eigenvalue weighted by atomic mass is 9.98. The minimum atomic E-state index is -0.782. The molecule has 7 heteroatoms. The Labute approximate surface area is 171 Å². The normalized spacial score (nSPS) is 17.0. The molecule has 6 nitrogen and oxygen atoms in total. The number of aromatic hydroxyl groups is 1. The van der Waals surface area contributed by atoms with Gasteiger partial charge in [0, 0.05) is 0 Å². The molecule has 0 unspecified atom stereocenters. The first kappa shape index (κ1) is 19.8. The van der Waals surface area contributed by atoms with Crippen LogP contribution >= 0.6 is 15.9 Å². The first-order valence-electron chi connectivity index (χ1n) is 8.81. The van der Waals surface area contributed by atoms with Gasteiger partial charge in [-0.3, -0.25) is 14.9 Å². The average Bonchev–Trinajstić information content (AvgIpc) is 2.67. The third-order valence-corrected chi connectivity index (χ3v) is 5.35. The van der Waals surface area contributed by atoms with Gasteiger partial charge >= 0.3 is 6.03 Å². The molecule has 1 atom stereocenters. The van der Waals surface area contributed by atoms with Crippen LogP contribution in [0.15, 0.2) is 52.5 Å².